The number of anilines is 1. The van der Waals surface area contributed by atoms with E-state index in [0.717, 1.165) is 46.1 Å². The standard InChI is InChI=1S/C20H21N5OS/c26-19(21-11-13-5-2-1-3-6-13)15-7-4-10-25(15)20-24-18-17(27-20)16(14-8-9-14)22-12-23-18/h1-3,5-6,12,14-15H,4,7-11H2,(H,21,26)/t15-/m1/s1. The molecule has 1 saturated heterocycles. The van der Waals surface area contributed by atoms with Crippen molar-refractivity contribution in [1.29, 1.82) is 0 Å². The van der Waals surface area contributed by atoms with Crippen LogP contribution in [0.2, 0.25) is 0 Å². The molecule has 3 heterocycles. The number of carbonyl (C=O) groups is 1. The van der Waals surface area contributed by atoms with Crippen molar-refractivity contribution < 1.29 is 4.79 Å². The zero-order chi connectivity index (χ0) is 18.2. The van der Waals surface area contributed by atoms with Gasteiger partial charge in [-0.05, 0) is 31.2 Å². The lowest BCUT2D eigenvalue weighted by molar-refractivity contribution is -0.122. The molecule has 1 atom stereocenters. The van der Waals surface area contributed by atoms with Gasteiger partial charge in [-0.3, -0.25) is 4.79 Å². The number of fused-ring (bicyclic) bond motifs is 1. The van der Waals surface area contributed by atoms with Crippen LogP contribution in [0.25, 0.3) is 10.3 Å². The summed E-state index contributed by atoms with van der Waals surface area (Å²) < 4.78 is 1.09. The molecular formula is C20H21N5OS. The normalized spacial score (nSPS) is 19.6. The predicted octanol–water partition coefficient (Wildman–Crippen LogP) is 3.25. The zero-order valence-electron chi connectivity index (χ0n) is 15.0. The first-order valence-corrected chi connectivity index (χ1v) is 10.3. The maximum Gasteiger partial charge on any atom is 0.243 e. The SMILES string of the molecule is O=C(NCc1ccccc1)[C@H]1CCCN1c1nc2ncnc(C3CC3)c2s1. The van der Waals surface area contributed by atoms with Gasteiger partial charge in [0.1, 0.15) is 12.4 Å². The first-order valence-electron chi connectivity index (χ1n) is 9.49. The molecule has 1 aliphatic carbocycles. The Morgan fingerprint density at radius 1 is 1.19 bits per heavy atom. The molecule has 1 aliphatic heterocycles. The minimum Gasteiger partial charge on any atom is -0.350 e. The van der Waals surface area contributed by atoms with Gasteiger partial charge in [-0.15, -0.1) is 0 Å². The second-order valence-corrected chi connectivity index (χ2v) is 8.21. The third-order valence-corrected chi connectivity index (χ3v) is 6.39. The topological polar surface area (TPSA) is 71.0 Å². The summed E-state index contributed by atoms with van der Waals surface area (Å²) in [5, 5.41) is 3.98. The lowest BCUT2D eigenvalue weighted by Crippen LogP contribution is -2.43. The van der Waals surface area contributed by atoms with Gasteiger partial charge < -0.3 is 10.2 Å². The minimum atomic E-state index is -0.161. The van der Waals surface area contributed by atoms with Crippen LogP contribution >= 0.6 is 11.3 Å². The summed E-state index contributed by atoms with van der Waals surface area (Å²) in [6, 6.07) is 9.85. The molecule has 0 radical (unpaired) electrons. The summed E-state index contributed by atoms with van der Waals surface area (Å²) in [6.07, 6.45) is 5.88. The lowest BCUT2D eigenvalue weighted by atomic mass is 10.2. The summed E-state index contributed by atoms with van der Waals surface area (Å²) in [6.45, 7) is 1.41. The maximum absolute atomic E-state index is 12.8. The number of amides is 1. The van der Waals surface area contributed by atoms with Gasteiger partial charge >= 0.3 is 0 Å². The first kappa shape index (κ1) is 16.6. The number of aromatic nitrogens is 3. The van der Waals surface area contributed by atoms with Gasteiger partial charge in [-0.2, -0.15) is 4.98 Å². The average Bonchev–Trinajstić information content (AvgIpc) is 3.26. The molecule has 0 unspecified atom stereocenters. The number of nitrogens with one attached hydrogen (secondary N) is 1. The number of hydrogen-bond acceptors (Lipinski definition) is 6. The van der Waals surface area contributed by atoms with Crippen molar-refractivity contribution in [3.8, 4) is 0 Å². The molecule has 2 aromatic heterocycles. The van der Waals surface area contributed by atoms with Gasteiger partial charge in [0.25, 0.3) is 0 Å². The van der Waals surface area contributed by atoms with E-state index in [4.69, 9.17) is 4.98 Å². The van der Waals surface area contributed by atoms with Crippen molar-refractivity contribution in [1.82, 2.24) is 20.3 Å². The van der Waals surface area contributed by atoms with Crippen LogP contribution in [0.4, 0.5) is 5.13 Å². The van der Waals surface area contributed by atoms with E-state index in [-0.39, 0.29) is 11.9 Å². The van der Waals surface area contributed by atoms with Crippen LogP contribution in [0.15, 0.2) is 36.7 Å². The Balaban J connectivity index is 1.35. The van der Waals surface area contributed by atoms with E-state index >= 15 is 0 Å². The molecule has 1 saturated carbocycles. The Morgan fingerprint density at radius 3 is 2.85 bits per heavy atom. The molecule has 5 rings (SSSR count). The second-order valence-electron chi connectivity index (χ2n) is 7.24. The fourth-order valence-corrected chi connectivity index (χ4v) is 4.87. The van der Waals surface area contributed by atoms with Gasteiger partial charge in [-0.25, -0.2) is 9.97 Å². The Labute approximate surface area is 161 Å². The van der Waals surface area contributed by atoms with E-state index < -0.39 is 0 Å². The van der Waals surface area contributed by atoms with Crippen LogP contribution in [0, 0.1) is 0 Å². The monoisotopic (exact) mass is 379 g/mol. The van der Waals surface area contributed by atoms with E-state index in [2.05, 4.69) is 20.2 Å². The van der Waals surface area contributed by atoms with Crippen molar-refractivity contribution in [2.75, 3.05) is 11.4 Å². The van der Waals surface area contributed by atoms with Gasteiger partial charge in [0.2, 0.25) is 5.91 Å². The molecule has 2 fully saturated rings. The van der Waals surface area contributed by atoms with Crippen molar-refractivity contribution >= 4 is 32.7 Å². The minimum absolute atomic E-state index is 0.0732. The van der Waals surface area contributed by atoms with E-state index in [1.807, 2.05) is 30.3 Å². The maximum atomic E-state index is 12.8. The summed E-state index contributed by atoms with van der Waals surface area (Å²) in [5.41, 5.74) is 3.01. The summed E-state index contributed by atoms with van der Waals surface area (Å²) in [5.74, 6) is 0.636. The number of hydrogen-bond donors (Lipinski definition) is 1. The fraction of sp³-hybridized carbons (Fsp3) is 0.400. The third-order valence-electron chi connectivity index (χ3n) is 5.28. The Kier molecular flexibility index (Phi) is 4.24. The lowest BCUT2D eigenvalue weighted by Gasteiger charge is -2.23. The van der Waals surface area contributed by atoms with Crippen molar-refractivity contribution in [3.05, 3.63) is 47.9 Å². The number of nitrogens with zero attached hydrogens (tertiary/aromatic N) is 4. The third kappa shape index (κ3) is 3.27. The molecule has 7 heteroatoms. The van der Waals surface area contributed by atoms with E-state index in [0.29, 0.717) is 12.5 Å². The van der Waals surface area contributed by atoms with Gasteiger partial charge in [0, 0.05) is 19.0 Å². The van der Waals surface area contributed by atoms with E-state index in [1.165, 1.54) is 12.8 Å². The highest BCUT2D eigenvalue weighted by Gasteiger charge is 2.34. The molecule has 1 N–H and O–H groups in total. The summed E-state index contributed by atoms with van der Waals surface area (Å²) in [7, 11) is 0. The molecule has 2 aliphatic rings. The van der Waals surface area contributed by atoms with Crippen LogP contribution in [0.1, 0.15) is 42.9 Å². The second kappa shape index (κ2) is 6.88. The van der Waals surface area contributed by atoms with Gasteiger partial charge in [-0.1, -0.05) is 41.7 Å². The molecule has 1 amide bonds. The number of benzene rings is 1. The van der Waals surface area contributed by atoms with Gasteiger partial charge in [0.15, 0.2) is 10.8 Å². The molecule has 0 bridgehead atoms. The van der Waals surface area contributed by atoms with Crippen LogP contribution in [0.3, 0.4) is 0 Å². The largest absolute Gasteiger partial charge is 0.350 e. The predicted molar refractivity (Wildman–Crippen MR) is 106 cm³/mol. The van der Waals surface area contributed by atoms with Gasteiger partial charge in [0.05, 0.1) is 10.4 Å². The quantitative estimate of drug-likeness (QED) is 0.737. The highest BCUT2D eigenvalue weighted by Crippen LogP contribution is 2.44. The smallest absolute Gasteiger partial charge is 0.243 e. The Bertz CT molecular complexity index is 969. The van der Waals surface area contributed by atoms with Crippen LogP contribution in [-0.4, -0.2) is 33.4 Å². The molecule has 138 valence electrons. The molecule has 27 heavy (non-hydrogen) atoms. The van der Waals surface area contributed by atoms with Crippen molar-refractivity contribution in [2.24, 2.45) is 0 Å². The Hall–Kier alpha value is -2.54. The molecular weight excluding hydrogens is 358 g/mol. The highest BCUT2D eigenvalue weighted by molar-refractivity contribution is 7.22. The van der Waals surface area contributed by atoms with Crippen LogP contribution in [0.5, 0.6) is 0 Å². The molecule has 1 aromatic carbocycles. The fourth-order valence-electron chi connectivity index (χ4n) is 3.70. The summed E-state index contributed by atoms with van der Waals surface area (Å²) in [4.78, 5) is 28.5. The van der Waals surface area contributed by atoms with E-state index in [1.54, 1.807) is 17.7 Å². The first-order chi connectivity index (χ1) is 13.3. The molecule has 0 spiro atoms. The highest BCUT2D eigenvalue weighted by atomic mass is 32.1. The van der Waals surface area contributed by atoms with E-state index in [9.17, 15) is 4.79 Å². The molecule has 6 nitrogen and oxygen atoms in total. The van der Waals surface area contributed by atoms with Crippen molar-refractivity contribution in [2.45, 2.75) is 44.2 Å². The average molecular weight is 379 g/mol. The zero-order valence-corrected chi connectivity index (χ0v) is 15.8. The number of carbonyl (C=O) groups excluding carboxylic acids is 1. The summed E-state index contributed by atoms with van der Waals surface area (Å²) >= 11 is 1.63. The van der Waals surface area contributed by atoms with Crippen molar-refractivity contribution in [3.63, 3.8) is 0 Å². The van der Waals surface area contributed by atoms with Crippen LogP contribution < -0.4 is 10.2 Å². The number of thiazole rings is 1. The molecule has 3 aromatic rings. The number of rotatable bonds is 5. The Morgan fingerprint density at radius 2 is 2.04 bits per heavy atom. The van der Waals surface area contributed by atoms with Crippen LogP contribution in [-0.2, 0) is 11.3 Å².